The number of nitrogens with zero attached hydrogens (tertiary/aromatic N) is 1. The van der Waals surface area contributed by atoms with Gasteiger partial charge in [-0.15, -0.1) is 0 Å². The molecule has 0 atom stereocenters. The maximum absolute atomic E-state index is 11.9. The van der Waals surface area contributed by atoms with Crippen LogP contribution in [0.2, 0.25) is 0 Å². The van der Waals surface area contributed by atoms with Crippen LogP contribution < -0.4 is 10.5 Å². The molecule has 0 amide bonds. The number of nitrogens with two attached hydrogens (primary N) is 1. The van der Waals surface area contributed by atoms with E-state index in [1.165, 1.54) is 0 Å². The zero-order chi connectivity index (χ0) is 14.4. The van der Waals surface area contributed by atoms with E-state index in [0.29, 0.717) is 12.1 Å². The van der Waals surface area contributed by atoms with Crippen molar-refractivity contribution in [2.24, 2.45) is 0 Å². The molecule has 0 saturated carbocycles. The summed E-state index contributed by atoms with van der Waals surface area (Å²) < 4.78 is 26.4. The van der Waals surface area contributed by atoms with Crippen LogP contribution in [0.3, 0.4) is 0 Å². The number of pyridine rings is 1. The molecule has 0 bridgehead atoms. The van der Waals surface area contributed by atoms with Gasteiger partial charge in [-0.2, -0.15) is 0 Å². The zero-order valence-electron chi connectivity index (χ0n) is 11.0. The quantitative estimate of drug-likeness (QED) is 0.786. The lowest BCUT2D eigenvalue weighted by Crippen LogP contribution is -2.26. The molecule has 0 fully saturated rings. The van der Waals surface area contributed by atoms with Gasteiger partial charge < -0.3 is 5.73 Å². The van der Waals surface area contributed by atoms with Crippen molar-refractivity contribution in [1.82, 2.24) is 9.71 Å². The molecule has 0 radical (unpaired) electrons. The Bertz CT molecular complexity index is 640. The molecule has 1 aromatic carbocycles. The third kappa shape index (κ3) is 4.64. The van der Waals surface area contributed by atoms with Gasteiger partial charge in [-0.05, 0) is 41.8 Å². The van der Waals surface area contributed by atoms with Crippen molar-refractivity contribution in [3.8, 4) is 0 Å². The van der Waals surface area contributed by atoms with E-state index in [4.69, 9.17) is 5.73 Å². The Balaban J connectivity index is 1.86. The van der Waals surface area contributed by atoms with E-state index in [1.807, 2.05) is 12.1 Å². The Kier molecular flexibility index (Phi) is 4.70. The number of hydrogen-bond donors (Lipinski definition) is 2. The van der Waals surface area contributed by atoms with E-state index in [-0.39, 0.29) is 12.3 Å². The second-order valence-electron chi connectivity index (χ2n) is 4.49. The lowest BCUT2D eigenvalue weighted by molar-refractivity contribution is 0.580. The van der Waals surface area contributed by atoms with Crippen LogP contribution in [0.15, 0.2) is 48.8 Å². The lowest BCUT2D eigenvalue weighted by Gasteiger charge is -2.07. The van der Waals surface area contributed by atoms with Crippen LogP contribution in [0.1, 0.15) is 11.1 Å². The van der Waals surface area contributed by atoms with E-state index in [9.17, 15) is 8.42 Å². The molecule has 0 unspecified atom stereocenters. The number of rotatable bonds is 6. The summed E-state index contributed by atoms with van der Waals surface area (Å²) in [4.78, 5) is 3.90. The number of aromatic nitrogens is 1. The molecule has 20 heavy (non-hydrogen) atoms. The molecule has 0 saturated heterocycles. The van der Waals surface area contributed by atoms with Crippen molar-refractivity contribution >= 4 is 15.7 Å². The molecule has 106 valence electrons. The van der Waals surface area contributed by atoms with E-state index in [0.717, 1.165) is 11.1 Å². The van der Waals surface area contributed by atoms with Crippen LogP contribution in [0.25, 0.3) is 0 Å². The highest BCUT2D eigenvalue weighted by molar-refractivity contribution is 7.89. The molecular formula is C14H17N3O2S. The van der Waals surface area contributed by atoms with Crippen LogP contribution in [-0.4, -0.2) is 19.2 Å². The van der Waals surface area contributed by atoms with Crippen LogP contribution in [-0.2, 0) is 23.0 Å². The van der Waals surface area contributed by atoms with Gasteiger partial charge in [0.25, 0.3) is 0 Å². The smallest absolute Gasteiger partial charge is 0.212 e. The van der Waals surface area contributed by atoms with Crippen molar-refractivity contribution in [2.75, 3.05) is 11.5 Å². The van der Waals surface area contributed by atoms with Crippen molar-refractivity contribution in [3.05, 3.63) is 59.9 Å². The molecular weight excluding hydrogens is 274 g/mol. The Hall–Kier alpha value is -1.92. The standard InChI is InChI=1S/C14H17N3O2S/c15-14-3-1-13(2-4-14)11-17-20(18,19)10-7-12-5-8-16-9-6-12/h1-6,8-9,17H,7,10-11,15H2. The predicted molar refractivity (Wildman–Crippen MR) is 79.4 cm³/mol. The van der Waals surface area contributed by atoms with Crippen molar-refractivity contribution in [3.63, 3.8) is 0 Å². The molecule has 1 aromatic heterocycles. The molecule has 0 aliphatic heterocycles. The highest BCUT2D eigenvalue weighted by atomic mass is 32.2. The Labute approximate surface area is 118 Å². The van der Waals surface area contributed by atoms with Gasteiger partial charge in [-0.3, -0.25) is 4.98 Å². The average Bonchev–Trinajstić information content (AvgIpc) is 2.46. The van der Waals surface area contributed by atoms with Gasteiger partial charge in [0.05, 0.1) is 5.75 Å². The summed E-state index contributed by atoms with van der Waals surface area (Å²) in [6.07, 6.45) is 3.78. The van der Waals surface area contributed by atoms with Crippen molar-refractivity contribution < 1.29 is 8.42 Å². The van der Waals surface area contributed by atoms with E-state index in [1.54, 1.807) is 36.7 Å². The molecule has 5 nitrogen and oxygen atoms in total. The summed E-state index contributed by atoms with van der Waals surface area (Å²) in [5.41, 5.74) is 8.08. The highest BCUT2D eigenvalue weighted by Crippen LogP contribution is 2.06. The summed E-state index contributed by atoms with van der Waals surface area (Å²) in [5, 5.41) is 0. The maximum atomic E-state index is 11.9. The van der Waals surface area contributed by atoms with Gasteiger partial charge in [0.2, 0.25) is 10.0 Å². The minimum Gasteiger partial charge on any atom is -0.399 e. The predicted octanol–water partition coefficient (Wildman–Crippen LogP) is 1.33. The molecule has 2 rings (SSSR count). The fraction of sp³-hybridized carbons (Fsp3) is 0.214. The van der Waals surface area contributed by atoms with Crippen molar-refractivity contribution in [1.29, 1.82) is 0 Å². The van der Waals surface area contributed by atoms with Gasteiger partial charge in [-0.1, -0.05) is 12.1 Å². The number of anilines is 1. The number of hydrogen-bond acceptors (Lipinski definition) is 4. The van der Waals surface area contributed by atoms with E-state index < -0.39 is 10.0 Å². The first-order chi connectivity index (χ1) is 9.55. The first kappa shape index (κ1) is 14.5. The largest absolute Gasteiger partial charge is 0.399 e. The molecule has 6 heteroatoms. The Morgan fingerprint density at radius 3 is 2.30 bits per heavy atom. The monoisotopic (exact) mass is 291 g/mol. The van der Waals surface area contributed by atoms with E-state index >= 15 is 0 Å². The second-order valence-corrected chi connectivity index (χ2v) is 6.41. The third-order valence-corrected chi connectivity index (χ3v) is 4.21. The first-order valence-electron chi connectivity index (χ1n) is 6.26. The summed E-state index contributed by atoms with van der Waals surface area (Å²) in [6, 6.07) is 10.7. The minimum absolute atomic E-state index is 0.0615. The SMILES string of the molecule is Nc1ccc(CNS(=O)(=O)CCc2ccncc2)cc1. The minimum atomic E-state index is -3.29. The van der Waals surface area contributed by atoms with Crippen LogP contribution in [0.5, 0.6) is 0 Å². The Morgan fingerprint density at radius 2 is 1.65 bits per heavy atom. The maximum Gasteiger partial charge on any atom is 0.212 e. The lowest BCUT2D eigenvalue weighted by atomic mass is 10.2. The number of nitrogens with one attached hydrogen (secondary N) is 1. The van der Waals surface area contributed by atoms with Crippen molar-refractivity contribution in [2.45, 2.75) is 13.0 Å². The summed E-state index contributed by atoms with van der Waals surface area (Å²) in [7, 11) is -3.29. The number of aryl methyl sites for hydroxylation is 1. The molecule has 1 heterocycles. The van der Waals surface area contributed by atoms with Crippen LogP contribution >= 0.6 is 0 Å². The Morgan fingerprint density at radius 1 is 1.00 bits per heavy atom. The van der Waals surface area contributed by atoms with Gasteiger partial charge in [0.15, 0.2) is 0 Å². The number of sulfonamides is 1. The fourth-order valence-electron chi connectivity index (χ4n) is 1.70. The molecule has 0 aliphatic carbocycles. The van der Waals surface area contributed by atoms with Gasteiger partial charge in [0, 0.05) is 24.6 Å². The topological polar surface area (TPSA) is 85.1 Å². The molecule has 3 N–H and O–H groups in total. The van der Waals surface area contributed by atoms with Crippen LogP contribution in [0, 0.1) is 0 Å². The van der Waals surface area contributed by atoms with Crippen LogP contribution in [0.4, 0.5) is 5.69 Å². The number of nitrogen functional groups attached to an aromatic ring is 1. The molecule has 2 aromatic rings. The van der Waals surface area contributed by atoms with Gasteiger partial charge in [0.1, 0.15) is 0 Å². The average molecular weight is 291 g/mol. The first-order valence-corrected chi connectivity index (χ1v) is 7.91. The van der Waals surface area contributed by atoms with Gasteiger partial charge in [-0.25, -0.2) is 13.1 Å². The fourth-order valence-corrected chi connectivity index (χ4v) is 2.74. The molecule has 0 spiro atoms. The zero-order valence-corrected chi connectivity index (χ0v) is 11.8. The third-order valence-electron chi connectivity index (χ3n) is 2.88. The summed E-state index contributed by atoms with van der Waals surface area (Å²) >= 11 is 0. The second kappa shape index (κ2) is 6.49. The highest BCUT2D eigenvalue weighted by Gasteiger charge is 2.10. The number of benzene rings is 1. The summed E-state index contributed by atoms with van der Waals surface area (Å²) in [5.74, 6) is 0.0615. The van der Waals surface area contributed by atoms with E-state index in [2.05, 4.69) is 9.71 Å². The summed E-state index contributed by atoms with van der Waals surface area (Å²) in [6.45, 7) is 0.277. The normalized spacial score (nSPS) is 11.4. The molecule has 0 aliphatic rings. The van der Waals surface area contributed by atoms with Gasteiger partial charge >= 0.3 is 0 Å².